The molecule has 0 aliphatic heterocycles. The molecule has 0 atom stereocenters. The van der Waals surface area contributed by atoms with Gasteiger partial charge in [0.2, 0.25) is 0 Å². The number of hydrogen-bond donors (Lipinski definition) is 4. The van der Waals surface area contributed by atoms with Crippen molar-refractivity contribution in [2.24, 2.45) is 5.73 Å². The molecule has 2 aromatic rings. The number of aromatic amines is 1. The summed E-state index contributed by atoms with van der Waals surface area (Å²) < 4.78 is 0. The summed E-state index contributed by atoms with van der Waals surface area (Å²) in [6, 6.07) is 9.38. The molecule has 0 radical (unpaired) electrons. The molecule has 0 fully saturated rings. The molecule has 0 aliphatic rings. The third-order valence-electron chi connectivity index (χ3n) is 2.47. The van der Waals surface area contributed by atoms with E-state index in [9.17, 15) is 4.79 Å². The molecule has 0 spiro atoms. The van der Waals surface area contributed by atoms with Crippen molar-refractivity contribution in [3.8, 4) is 0 Å². The number of benzene rings is 1. The minimum Gasteiger partial charge on any atom is -0.334 e. The van der Waals surface area contributed by atoms with E-state index in [-0.39, 0.29) is 6.03 Å². The molecule has 0 saturated carbocycles. The van der Waals surface area contributed by atoms with Crippen molar-refractivity contribution < 1.29 is 4.79 Å². The topological polar surface area (TPSA) is 95.8 Å². The first-order valence-corrected chi connectivity index (χ1v) is 5.60. The lowest BCUT2D eigenvalue weighted by atomic mass is 10.2. The molecule has 5 N–H and O–H groups in total. The highest BCUT2D eigenvalue weighted by Crippen LogP contribution is 2.09. The number of nitrogens with zero attached hydrogens (tertiary/aromatic N) is 1. The predicted molar refractivity (Wildman–Crippen MR) is 68.8 cm³/mol. The highest BCUT2D eigenvalue weighted by molar-refractivity contribution is 5.88. The summed E-state index contributed by atoms with van der Waals surface area (Å²) in [5.41, 5.74) is 7.31. The number of carbonyl (C=O) groups excluding carboxylic acids is 1. The number of anilines is 1. The molecular formula is C12H15N5O. The third kappa shape index (κ3) is 3.08. The van der Waals surface area contributed by atoms with Gasteiger partial charge in [-0.1, -0.05) is 30.3 Å². The number of carbonyl (C=O) groups is 1. The van der Waals surface area contributed by atoms with Crippen LogP contribution in [0.25, 0.3) is 0 Å². The lowest BCUT2D eigenvalue weighted by molar-refractivity contribution is 0.251. The van der Waals surface area contributed by atoms with Gasteiger partial charge < -0.3 is 11.1 Å². The lowest BCUT2D eigenvalue weighted by Crippen LogP contribution is -2.28. The molecule has 1 heterocycles. The van der Waals surface area contributed by atoms with E-state index in [0.717, 1.165) is 11.1 Å². The Morgan fingerprint density at radius 1 is 1.33 bits per heavy atom. The molecule has 2 amide bonds. The van der Waals surface area contributed by atoms with Crippen LogP contribution in [0.3, 0.4) is 0 Å². The highest BCUT2D eigenvalue weighted by Gasteiger charge is 2.07. The van der Waals surface area contributed by atoms with E-state index in [1.807, 2.05) is 30.3 Å². The van der Waals surface area contributed by atoms with E-state index in [2.05, 4.69) is 20.8 Å². The minimum atomic E-state index is -0.294. The summed E-state index contributed by atoms with van der Waals surface area (Å²) >= 11 is 0. The van der Waals surface area contributed by atoms with Gasteiger partial charge >= 0.3 is 6.03 Å². The first-order chi connectivity index (χ1) is 8.79. The Kier molecular flexibility index (Phi) is 3.93. The number of amides is 2. The van der Waals surface area contributed by atoms with Crippen LogP contribution in [0.5, 0.6) is 0 Å². The Morgan fingerprint density at radius 2 is 2.11 bits per heavy atom. The van der Waals surface area contributed by atoms with Gasteiger partial charge in [-0.15, -0.1) is 0 Å². The average molecular weight is 245 g/mol. The van der Waals surface area contributed by atoms with E-state index < -0.39 is 0 Å². The van der Waals surface area contributed by atoms with Gasteiger partial charge in [0.1, 0.15) is 5.82 Å². The molecule has 0 bridgehead atoms. The Balaban J connectivity index is 1.86. The van der Waals surface area contributed by atoms with Crippen LogP contribution in [0.2, 0.25) is 0 Å². The highest BCUT2D eigenvalue weighted by atomic mass is 16.2. The van der Waals surface area contributed by atoms with Crippen LogP contribution in [0.1, 0.15) is 11.1 Å². The number of nitrogens with two attached hydrogens (primary N) is 1. The summed E-state index contributed by atoms with van der Waals surface area (Å²) in [7, 11) is 0. The largest absolute Gasteiger partial charge is 0.334 e. The Hall–Kier alpha value is -2.34. The number of H-pyrrole nitrogens is 1. The first-order valence-electron chi connectivity index (χ1n) is 5.60. The van der Waals surface area contributed by atoms with Crippen LogP contribution in [0, 0.1) is 0 Å². The maximum atomic E-state index is 11.6. The average Bonchev–Trinajstić information content (AvgIpc) is 2.85. The van der Waals surface area contributed by atoms with Crippen molar-refractivity contribution in [2.45, 2.75) is 13.1 Å². The molecule has 0 unspecified atom stereocenters. The van der Waals surface area contributed by atoms with Crippen LogP contribution in [0.4, 0.5) is 10.6 Å². The van der Waals surface area contributed by atoms with Gasteiger partial charge in [-0.05, 0) is 5.56 Å². The van der Waals surface area contributed by atoms with Gasteiger partial charge in [0.25, 0.3) is 0 Å². The standard InChI is InChI=1S/C12H15N5O/c13-6-10-8-15-17-11(10)16-12(18)14-7-9-4-2-1-3-5-9/h1-5,8H,6-7,13H2,(H3,14,15,16,17,18). The van der Waals surface area contributed by atoms with Gasteiger partial charge in [-0.3, -0.25) is 10.4 Å². The van der Waals surface area contributed by atoms with Gasteiger partial charge in [0, 0.05) is 18.7 Å². The van der Waals surface area contributed by atoms with Crippen molar-refractivity contribution in [3.63, 3.8) is 0 Å². The Morgan fingerprint density at radius 3 is 2.83 bits per heavy atom. The lowest BCUT2D eigenvalue weighted by Gasteiger charge is -2.07. The number of rotatable bonds is 4. The van der Waals surface area contributed by atoms with Crippen LogP contribution < -0.4 is 16.4 Å². The van der Waals surface area contributed by atoms with Crippen molar-refractivity contribution in [3.05, 3.63) is 47.7 Å². The number of nitrogens with one attached hydrogen (secondary N) is 3. The van der Waals surface area contributed by atoms with Gasteiger partial charge in [0.05, 0.1) is 6.20 Å². The maximum absolute atomic E-state index is 11.6. The Labute approximate surface area is 105 Å². The molecule has 94 valence electrons. The summed E-state index contributed by atoms with van der Waals surface area (Å²) in [5.74, 6) is 0.531. The van der Waals surface area contributed by atoms with Crippen molar-refractivity contribution in [1.29, 1.82) is 0 Å². The Bertz CT molecular complexity index is 508. The van der Waals surface area contributed by atoms with Crippen molar-refractivity contribution in [2.75, 3.05) is 5.32 Å². The predicted octanol–water partition coefficient (Wildman–Crippen LogP) is 1.19. The summed E-state index contributed by atoms with van der Waals surface area (Å²) in [5, 5.41) is 11.9. The molecule has 1 aromatic carbocycles. The fourth-order valence-corrected chi connectivity index (χ4v) is 1.51. The third-order valence-corrected chi connectivity index (χ3v) is 2.47. The quantitative estimate of drug-likeness (QED) is 0.651. The smallest absolute Gasteiger partial charge is 0.320 e. The summed E-state index contributed by atoms with van der Waals surface area (Å²) in [4.78, 5) is 11.6. The molecule has 2 rings (SSSR count). The van der Waals surface area contributed by atoms with Crippen LogP contribution in [-0.4, -0.2) is 16.2 Å². The number of aromatic nitrogens is 2. The second kappa shape index (κ2) is 5.83. The molecule has 1 aromatic heterocycles. The van der Waals surface area contributed by atoms with Gasteiger partial charge in [-0.25, -0.2) is 4.79 Å². The fourth-order valence-electron chi connectivity index (χ4n) is 1.51. The normalized spacial score (nSPS) is 10.1. The van der Waals surface area contributed by atoms with Crippen molar-refractivity contribution in [1.82, 2.24) is 15.5 Å². The van der Waals surface area contributed by atoms with Crippen LogP contribution >= 0.6 is 0 Å². The molecular weight excluding hydrogens is 230 g/mol. The maximum Gasteiger partial charge on any atom is 0.320 e. The zero-order valence-corrected chi connectivity index (χ0v) is 9.81. The minimum absolute atomic E-state index is 0.294. The summed E-state index contributed by atoms with van der Waals surface area (Å²) in [6.07, 6.45) is 1.59. The first kappa shape index (κ1) is 12.1. The molecule has 18 heavy (non-hydrogen) atoms. The summed E-state index contributed by atoms with van der Waals surface area (Å²) in [6.45, 7) is 0.795. The molecule has 6 nitrogen and oxygen atoms in total. The van der Waals surface area contributed by atoms with Crippen LogP contribution in [-0.2, 0) is 13.1 Å². The van der Waals surface area contributed by atoms with Gasteiger partial charge in [-0.2, -0.15) is 5.10 Å². The van der Waals surface area contributed by atoms with Crippen LogP contribution in [0.15, 0.2) is 36.5 Å². The number of urea groups is 1. The second-order valence-electron chi connectivity index (χ2n) is 3.77. The number of hydrogen-bond acceptors (Lipinski definition) is 3. The van der Waals surface area contributed by atoms with E-state index in [1.54, 1.807) is 6.20 Å². The van der Waals surface area contributed by atoms with E-state index in [1.165, 1.54) is 0 Å². The zero-order chi connectivity index (χ0) is 12.8. The monoisotopic (exact) mass is 245 g/mol. The molecule has 0 aliphatic carbocycles. The second-order valence-corrected chi connectivity index (χ2v) is 3.77. The van der Waals surface area contributed by atoms with Gasteiger partial charge in [0.15, 0.2) is 0 Å². The van der Waals surface area contributed by atoms with E-state index in [4.69, 9.17) is 5.73 Å². The van der Waals surface area contributed by atoms with Crippen molar-refractivity contribution >= 4 is 11.8 Å². The zero-order valence-electron chi connectivity index (χ0n) is 9.81. The molecule has 0 saturated heterocycles. The van der Waals surface area contributed by atoms with E-state index >= 15 is 0 Å². The van der Waals surface area contributed by atoms with E-state index in [0.29, 0.717) is 18.9 Å². The fraction of sp³-hybridized carbons (Fsp3) is 0.167. The SMILES string of the molecule is NCc1cn[nH]c1NC(=O)NCc1ccccc1. The molecule has 6 heteroatoms.